The van der Waals surface area contributed by atoms with E-state index in [0.29, 0.717) is 12.8 Å². The van der Waals surface area contributed by atoms with Gasteiger partial charge >= 0.3 is 0 Å². The first-order chi connectivity index (χ1) is 8.56. The number of carbonyl (C=O) groups excluding carboxylic acids is 3. The van der Waals surface area contributed by atoms with Crippen molar-refractivity contribution in [2.45, 2.75) is 50.6 Å². The minimum atomic E-state index is -0.576. The molecule has 100 valence electrons. The highest BCUT2D eigenvalue weighted by molar-refractivity contribution is 6.01. The lowest BCUT2D eigenvalue weighted by atomic mass is 9.85. The van der Waals surface area contributed by atoms with Gasteiger partial charge in [-0.05, 0) is 25.7 Å². The van der Waals surface area contributed by atoms with Gasteiger partial charge in [-0.1, -0.05) is 6.42 Å². The van der Waals surface area contributed by atoms with Crippen LogP contribution in [0.5, 0.6) is 0 Å². The van der Waals surface area contributed by atoms with Crippen molar-refractivity contribution in [3.05, 3.63) is 0 Å². The van der Waals surface area contributed by atoms with Gasteiger partial charge in [0.2, 0.25) is 17.7 Å². The van der Waals surface area contributed by atoms with Crippen molar-refractivity contribution in [1.82, 2.24) is 10.6 Å². The predicted molar refractivity (Wildman–Crippen MR) is 64.2 cm³/mol. The molecule has 1 saturated heterocycles. The minimum Gasteiger partial charge on any atom is -0.344 e. The van der Waals surface area contributed by atoms with Crippen molar-refractivity contribution in [2.75, 3.05) is 0 Å². The lowest BCUT2D eigenvalue weighted by Crippen LogP contribution is -2.53. The average molecular weight is 253 g/mol. The zero-order valence-corrected chi connectivity index (χ0v) is 10.3. The minimum absolute atomic E-state index is 0.0799. The fourth-order valence-electron chi connectivity index (χ4n) is 2.59. The molecular weight excluding hydrogens is 234 g/mol. The van der Waals surface area contributed by atoms with Gasteiger partial charge in [0.1, 0.15) is 6.04 Å². The smallest absolute Gasteiger partial charge is 0.249 e. The van der Waals surface area contributed by atoms with Crippen molar-refractivity contribution in [3.63, 3.8) is 0 Å². The largest absolute Gasteiger partial charge is 0.344 e. The summed E-state index contributed by atoms with van der Waals surface area (Å²) in [6.45, 7) is 0. The maximum atomic E-state index is 12.0. The van der Waals surface area contributed by atoms with Crippen LogP contribution in [0.1, 0.15) is 38.5 Å². The van der Waals surface area contributed by atoms with Crippen LogP contribution < -0.4 is 16.4 Å². The molecule has 18 heavy (non-hydrogen) atoms. The summed E-state index contributed by atoms with van der Waals surface area (Å²) in [5, 5.41) is 4.95. The Hall–Kier alpha value is -1.43. The number of hydrogen-bond donors (Lipinski definition) is 3. The van der Waals surface area contributed by atoms with Crippen molar-refractivity contribution in [2.24, 2.45) is 11.7 Å². The van der Waals surface area contributed by atoms with Crippen LogP contribution in [0, 0.1) is 5.92 Å². The lowest BCUT2D eigenvalue weighted by Gasteiger charge is -2.28. The fourth-order valence-corrected chi connectivity index (χ4v) is 2.59. The Morgan fingerprint density at radius 3 is 2.72 bits per heavy atom. The number of rotatable bonds is 2. The summed E-state index contributed by atoms with van der Waals surface area (Å²) in [7, 11) is 0. The van der Waals surface area contributed by atoms with Crippen LogP contribution in [0.25, 0.3) is 0 Å². The summed E-state index contributed by atoms with van der Waals surface area (Å²) < 4.78 is 0. The van der Waals surface area contributed by atoms with Gasteiger partial charge in [0.25, 0.3) is 0 Å². The van der Waals surface area contributed by atoms with Gasteiger partial charge in [0.15, 0.2) is 0 Å². The van der Waals surface area contributed by atoms with E-state index >= 15 is 0 Å². The highest BCUT2D eigenvalue weighted by Gasteiger charge is 2.31. The van der Waals surface area contributed by atoms with Crippen molar-refractivity contribution < 1.29 is 14.4 Å². The molecule has 1 saturated carbocycles. The number of piperidine rings is 1. The molecule has 1 aliphatic carbocycles. The molecular formula is C12H19N3O3. The van der Waals surface area contributed by atoms with E-state index in [0.717, 1.165) is 19.3 Å². The Balaban J connectivity index is 1.87. The summed E-state index contributed by atoms with van der Waals surface area (Å²) in [5.74, 6) is -0.885. The molecule has 3 amide bonds. The van der Waals surface area contributed by atoms with Gasteiger partial charge in [-0.3, -0.25) is 19.7 Å². The van der Waals surface area contributed by atoms with E-state index in [4.69, 9.17) is 5.73 Å². The third-order valence-corrected chi connectivity index (χ3v) is 3.64. The zero-order chi connectivity index (χ0) is 13.1. The zero-order valence-electron chi connectivity index (χ0n) is 10.3. The molecule has 0 aromatic heterocycles. The van der Waals surface area contributed by atoms with Crippen LogP contribution in [0.15, 0.2) is 0 Å². The summed E-state index contributed by atoms with van der Waals surface area (Å²) in [4.78, 5) is 34.5. The number of carbonyl (C=O) groups is 3. The highest BCUT2D eigenvalue weighted by atomic mass is 16.2. The number of nitrogens with two attached hydrogens (primary N) is 1. The van der Waals surface area contributed by atoms with Crippen molar-refractivity contribution in [1.29, 1.82) is 0 Å². The second-order valence-corrected chi connectivity index (χ2v) is 5.14. The van der Waals surface area contributed by atoms with Gasteiger partial charge in [-0.25, -0.2) is 0 Å². The molecule has 2 aliphatic rings. The van der Waals surface area contributed by atoms with Crippen LogP contribution in [0.4, 0.5) is 0 Å². The molecule has 4 N–H and O–H groups in total. The molecule has 6 nitrogen and oxygen atoms in total. The van der Waals surface area contributed by atoms with Gasteiger partial charge < -0.3 is 11.1 Å². The summed E-state index contributed by atoms with van der Waals surface area (Å²) in [6.07, 6.45) is 4.08. The first-order valence-electron chi connectivity index (χ1n) is 6.46. The van der Waals surface area contributed by atoms with Crippen molar-refractivity contribution >= 4 is 17.7 Å². The maximum absolute atomic E-state index is 12.0. The number of imide groups is 1. The van der Waals surface area contributed by atoms with Crippen LogP contribution >= 0.6 is 0 Å². The monoisotopic (exact) mass is 253 g/mol. The molecule has 1 aliphatic heterocycles. The maximum Gasteiger partial charge on any atom is 0.249 e. The highest BCUT2D eigenvalue weighted by Crippen LogP contribution is 2.23. The number of nitrogens with one attached hydrogen (secondary N) is 2. The lowest BCUT2D eigenvalue weighted by molar-refractivity contribution is -0.138. The second kappa shape index (κ2) is 5.48. The summed E-state index contributed by atoms with van der Waals surface area (Å²) in [6, 6.07) is -0.496. The molecule has 3 atom stereocenters. The Morgan fingerprint density at radius 2 is 2.06 bits per heavy atom. The van der Waals surface area contributed by atoms with Gasteiger partial charge in [-0.15, -0.1) is 0 Å². The summed E-state index contributed by atoms with van der Waals surface area (Å²) in [5.41, 5.74) is 5.84. The molecule has 0 spiro atoms. The van der Waals surface area contributed by atoms with E-state index < -0.39 is 11.9 Å². The van der Waals surface area contributed by atoms with Crippen molar-refractivity contribution in [3.8, 4) is 0 Å². The van der Waals surface area contributed by atoms with Gasteiger partial charge in [-0.2, -0.15) is 0 Å². The Labute approximate surface area is 106 Å². The normalized spacial score (nSPS) is 32.8. The van der Waals surface area contributed by atoms with E-state index in [9.17, 15) is 14.4 Å². The molecule has 0 aromatic carbocycles. The molecule has 0 radical (unpaired) electrons. The van der Waals surface area contributed by atoms with E-state index in [-0.39, 0.29) is 30.2 Å². The standard InChI is InChI=1S/C12H19N3O3/c13-8-3-1-2-7(6-8)11(17)14-9-4-5-10(16)15-12(9)18/h7-9H,1-6,13H2,(H,14,17)(H,15,16,18). The van der Waals surface area contributed by atoms with E-state index in [1.807, 2.05) is 0 Å². The molecule has 2 rings (SSSR count). The van der Waals surface area contributed by atoms with Crippen LogP contribution in [0.3, 0.4) is 0 Å². The third-order valence-electron chi connectivity index (χ3n) is 3.64. The topological polar surface area (TPSA) is 101 Å². The van der Waals surface area contributed by atoms with Gasteiger partial charge in [0, 0.05) is 18.4 Å². The second-order valence-electron chi connectivity index (χ2n) is 5.14. The molecule has 6 heteroatoms. The Kier molecular flexibility index (Phi) is 3.96. The molecule has 0 bridgehead atoms. The first-order valence-corrected chi connectivity index (χ1v) is 6.46. The first kappa shape index (κ1) is 13.0. The molecule has 1 heterocycles. The Bertz CT molecular complexity index is 370. The van der Waals surface area contributed by atoms with Crippen LogP contribution in [-0.2, 0) is 14.4 Å². The van der Waals surface area contributed by atoms with Gasteiger partial charge in [0.05, 0.1) is 0 Å². The summed E-state index contributed by atoms with van der Waals surface area (Å²) >= 11 is 0. The average Bonchev–Trinajstić information content (AvgIpc) is 2.32. The number of hydrogen-bond acceptors (Lipinski definition) is 4. The SMILES string of the molecule is NC1CCCC(C(=O)NC2CCC(=O)NC2=O)C1. The number of amides is 3. The third kappa shape index (κ3) is 3.07. The quantitative estimate of drug-likeness (QED) is 0.573. The molecule has 2 fully saturated rings. The fraction of sp³-hybridized carbons (Fsp3) is 0.750. The predicted octanol–water partition coefficient (Wildman–Crippen LogP) is -0.575. The molecule has 3 unspecified atom stereocenters. The van der Waals surface area contributed by atoms with Crippen LogP contribution in [0.2, 0.25) is 0 Å². The Morgan fingerprint density at radius 1 is 1.28 bits per heavy atom. The van der Waals surface area contributed by atoms with Crippen LogP contribution in [-0.4, -0.2) is 29.8 Å². The van der Waals surface area contributed by atoms with E-state index in [1.165, 1.54) is 0 Å². The van der Waals surface area contributed by atoms with E-state index in [1.54, 1.807) is 0 Å². The molecule has 0 aromatic rings. The van der Waals surface area contributed by atoms with E-state index in [2.05, 4.69) is 10.6 Å².